The quantitative estimate of drug-likeness (QED) is 0.300. The first-order chi connectivity index (χ1) is 13.7. The van der Waals surface area contributed by atoms with Gasteiger partial charge in [0.05, 0.1) is 17.0 Å². The largest absolute Gasteiger partial charge is 0.416 e. The number of aryl methyl sites for hydroxylation is 1. The molecule has 4 rings (SSSR count). The molecule has 0 atom stereocenters. The molecule has 29 heavy (non-hydrogen) atoms. The van der Waals surface area contributed by atoms with Gasteiger partial charge in [-0.1, -0.05) is 41.9 Å². The van der Waals surface area contributed by atoms with Crippen LogP contribution in [0.25, 0.3) is 16.9 Å². The van der Waals surface area contributed by atoms with Crippen LogP contribution < -0.4 is 0 Å². The SMILES string of the molecule is Cc1cc(Br)cn2c(Cc3ccccc3C(F)(F)F)c(-c3cccc(Cl)c3)nc12. The van der Waals surface area contributed by atoms with E-state index in [0.717, 1.165) is 21.7 Å². The maximum atomic E-state index is 13.5. The van der Waals surface area contributed by atoms with E-state index in [1.807, 2.05) is 29.7 Å². The van der Waals surface area contributed by atoms with Gasteiger partial charge in [0, 0.05) is 27.7 Å². The number of benzene rings is 2. The first-order valence-electron chi connectivity index (χ1n) is 8.82. The van der Waals surface area contributed by atoms with Crippen LogP contribution in [0.1, 0.15) is 22.4 Å². The Balaban J connectivity index is 1.97. The van der Waals surface area contributed by atoms with Crippen molar-refractivity contribution in [2.75, 3.05) is 0 Å². The molecule has 0 amide bonds. The van der Waals surface area contributed by atoms with Crippen LogP contribution in [0.15, 0.2) is 65.3 Å². The highest BCUT2D eigenvalue weighted by atomic mass is 79.9. The van der Waals surface area contributed by atoms with Gasteiger partial charge in [-0.3, -0.25) is 0 Å². The number of nitrogens with zero attached hydrogens (tertiary/aromatic N) is 2. The van der Waals surface area contributed by atoms with E-state index < -0.39 is 11.7 Å². The highest BCUT2D eigenvalue weighted by Gasteiger charge is 2.33. The second-order valence-electron chi connectivity index (χ2n) is 6.78. The molecule has 2 aromatic heterocycles. The maximum Gasteiger partial charge on any atom is 0.416 e. The summed E-state index contributed by atoms with van der Waals surface area (Å²) in [6, 6.07) is 14.8. The van der Waals surface area contributed by atoms with Gasteiger partial charge < -0.3 is 4.40 Å². The molecule has 0 aliphatic heterocycles. The van der Waals surface area contributed by atoms with E-state index in [9.17, 15) is 13.2 Å². The van der Waals surface area contributed by atoms with Gasteiger partial charge in [0.25, 0.3) is 0 Å². The fourth-order valence-corrected chi connectivity index (χ4v) is 4.22. The van der Waals surface area contributed by atoms with E-state index in [1.54, 1.807) is 24.3 Å². The zero-order valence-electron chi connectivity index (χ0n) is 15.3. The van der Waals surface area contributed by atoms with Crippen LogP contribution >= 0.6 is 27.5 Å². The molecule has 0 saturated carbocycles. The van der Waals surface area contributed by atoms with Crippen molar-refractivity contribution in [2.24, 2.45) is 0 Å². The lowest BCUT2D eigenvalue weighted by atomic mass is 9.99. The van der Waals surface area contributed by atoms with Crippen molar-refractivity contribution in [1.82, 2.24) is 9.38 Å². The Hall–Kier alpha value is -2.31. The smallest absolute Gasteiger partial charge is 0.302 e. The van der Waals surface area contributed by atoms with E-state index in [-0.39, 0.29) is 12.0 Å². The topological polar surface area (TPSA) is 17.3 Å². The highest BCUT2D eigenvalue weighted by molar-refractivity contribution is 9.10. The first kappa shape index (κ1) is 20.0. The van der Waals surface area contributed by atoms with Crippen molar-refractivity contribution < 1.29 is 13.2 Å². The summed E-state index contributed by atoms with van der Waals surface area (Å²) in [7, 11) is 0. The van der Waals surface area contributed by atoms with E-state index in [2.05, 4.69) is 15.9 Å². The average Bonchev–Trinajstić information content (AvgIpc) is 3.00. The molecule has 2 heterocycles. The van der Waals surface area contributed by atoms with Gasteiger partial charge >= 0.3 is 6.18 Å². The fraction of sp³-hybridized carbons (Fsp3) is 0.136. The first-order valence-corrected chi connectivity index (χ1v) is 9.99. The molecule has 2 nitrogen and oxygen atoms in total. The molecule has 0 spiro atoms. The number of alkyl halides is 3. The molecule has 7 heteroatoms. The number of hydrogen-bond acceptors (Lipinski definition) is 1. The third kappa shape index (κ3) is 3.91. The number of fused-ring (bicyclic) bond motifs is 1. The van der Waals surface area contributed by atoms with E-state index in [1.165, 1.54) is 12.1 Å². The molecular weight excluding hydrogens is 465 g/mol. The normalized spacial score (nSPS) is 11.9. The lowest BCUT2D eigenvalue weighted by Crippen LogP contribution is -2.10. The monoisotopic (exact) mass is 478 g/mol. The Morgan fingerprint density at radius 3 is 2.55 bits per heavy atom. The van der Waals surface area contributed by atoms with Crippen molar-refractivity contribution in [3.05, 3.63) is 92.7 Å². The fourth-order valence-electron chi connectivity index (χ4n) is 3.48. The molecule has 0 bridgehead atoms. The van der Waals surface area contributed by atoms with Crippen LogP contribution in [0.5, 0.6) is 0 Å². The second kappa shape index (κ2) is 7.50. The van der Waals surface area contributed by atoms with E-state index in [0.29, 0.717) is 22.1 Å². The minimum Gasteiger partial charge on any atom is -0.302 e. The standard InChI is InChI=1S/C22H15BrClF3N2/c1-13-9-16(23)12-29-19(11-14-5-2-3-8-18(14)22(25,26)27)20(28-21(13)29)15-6-4-7-17(24)10-15/h2-10,12H,11H2,1H3. The Bertz CT molecular complexity index is 1210. The summed E-state index contributed by atoms with van der Waals surface area (Å²) in [5.74, 6) is 0. The maximum absolute atomic E-state index is 13.5. The summed E-state index contributed by atoms with van der Waals surface area (Å²) < 4.78 is 43.3. The van der Waals surface area contributed by atoms with Crippen molar-refractivity contribution >= 4 is 33.2 Å². The van der Waals surface area contributed by atoms with Crippen LogP contribution in [0.4, 0.5) is 13.2 Å². The van der Waals surface area contributed by atoms with Crippen LogP contribution in [0.3, 0.4) is 0 Å². The van der Waals surface area contributed by atoms with Crippen molar-refractivity contribution in [3.8, 4) is 11.3 Å². The number of halogens is 5. The number of hydrogen-bond donors (Lipinski definition) is 0. The Labute approximate surface area is 179 Å². The minimum absolute atomic E-state index is 0.0780. The highest BCUT2D eigenvalue weighted by Crippen LogP contribution is 2.35. The van der Waals surface area contributed by atoms with Gasteiger partial charge in [0.15, 0.2) is 0 Å². The molecule has 0 radical (unpaired) electrons. The molecule has 0 aliphatic carbocycles. The predicted octanol–water partition coefficient (Wildman–Crippen LogP) is 7.34. The van der Waals surface area contributed by atoms with Gasteiger partial charge in [-0.2, -0.15) is 13.2 Å². The molecule has 0 unspecified atom stereocenters. The average molecular weight is 480 g/mol. The number of imidazole rings is 1. The lowest BCUT2D eigenvalue weighted by Gasteiger charge is -2.14. The summed E-state index contributed by atoms with van der Waals surface area (Å²) in [6.45, 7) is 1.92. The number of rotatable bonds is 3. The molecule has 148 valence electrons. The molecule has 2 aromatic carbocycles. The Morgan fingerprint density at radius 1 is 1.07 bits per heavy atom. The molecule has 0 fully saturated rings. The third-order valence-corrected chi connectivity index (χ3v) is 5.42. The Kier molecular flexibility index (Phi) is 5.17. The number of pyridine rings is 1. The molecule has 0 saturated heterocycles. The van der Waals surface area contributed by atoms with Crippen LogP contribution in [0, 0.1) is 6.92 Å². The van der Waals surface area contributed by atoms with Gasteiger partial charge in [0.1, 0.15) is 5.65 Å². The summed E-state index contributed by atoms with van der Waals surface area (Å²) in [6.07, 6.45) is -2.52. The van der Waals surface area contributed by atoms with Crippen molar-refractivity contribution in [1.29, 1.82) is 0 Å². The Morgan fingerprint density at radius 2 is 1.83 bits per heavy atom. The zero-order valence-corrected chi connectivity index (χ0v) is 17.6. The van der Waals surface area contributed by atoms with E-state index in [4.69, 9.17) is 16.6 Å². The van der Waals surface area contributed by atoms with Crippen molar-refractivity contribution in [2.45, 2.75) is 19.5 Å². The minimum atomic E-state index is -4.43. The summed E-state index contributed by atoms with van der Waals surface area (Å²) in [4.78, 5) is 4.75. The van der Waals surface area contributed by atoms with Gasteiger partial charge in [0.2, 0.25) is 0 Å². The summed E-state index contributed by atoms with van der Waals surface area (Å²) in [5.41, 5.74) is 3.22. The molecule has 4 aromatic rings. The molecule has 0 aliphatic rings. The summed E-state index contributed by atoms with van der Waals surface area (Å²) >= 11 is 9.63. The predicted molar refractivity (Wildman–Crippen MR) is 112 cm³/mol. The molecular formula is C22H15BrClF3N2. The molecule has 0 N–H and O–H groups in total. The third-order valence-electron chi connectivity index (χ3n) is 4.75. The van der Waals surface area contributed by atoms with Crippen molar-refractivity contribution in [3.63, 3.8) is 0 Å². The van der Waals surface area contributed by atoms with Crippen LogP contribution in [0.2, 0.25) is 5.02 Å². The second-order valence-corrected chi connectivity index (χ2v) is 8.14. The van der Waals surface area contributed by atoms with Crippen LogP contribution in [-0.2, 0) is 12.6 Å². The summed E-state index contributed by atoms with van der Waals surface area (Å²) in [5, 5.41) is 0.541. The van der Waals surface area contributed by atoms with Gasteiger partial charge in [-0.15, -0.1) is 0 Å². The van der Waals surface area contributed by atoms with Crippen LogP contribution in [-0.4, -0.2) is 9.38 Å². The van der Waals surface area contributed by atoms with Gasteiger partial charge in [-0.05, 0) is 58.2 Å². The zero-order chi connectivity index (χ0) is 20.8. The van der Waals surface area contributed by atoms with Gasteiger partial charge in [-0.25, -0.2) is 4.98 Å². The lowest BCUT2D eigenvalue weighted by molar-refractivity contribution is -0.138. The number of aromatic nitrogens is 2. The van der Waals surface area contributed by atoms with E-state index >= 15 is 0 Å².